The van der Waals surface area contributed by atoms with Crippen LogP contribution in [0.15, 0.2) is 53.4 Å². The zero-order valence-electron chi connectivity index (χ0n) is 19.5. The fraction of sp³-hybridized carbons (Fsp3) is 0.458. The molecule has 1 aliphatic heterocycles. The molecule has 2 aromatic carbocycles. The second-order valence-electron chi connectivity index (χ2n) is 8.47. The Morgan fingerprint density at radius 1 is 1.24 bits per heavy atom. The Morgan fingerprint density at radius 3 is 2.58 bits per heavy atom. The van der Waals surface area contributed by atoms with Crippen molar-refractivity contribution < 1.29 is 27.8 Å². The molecule has 0 aromatic heterocycles. The van der Waals surface area contributed by atoms with E-state index in [0.717, 1.165) is 11.1 Å². The first-order valence-electron chi connectivity index (χ1n) is 10.9. The Kier molecular flexibility index (Phi) is 8.12. The molecule has 1 amide bonds. The maximum Gasteiger partial charge on any atom is 0.248 e. The molecule has 8 nitrogen and oxygen atoms in total. The number of likely N-dealkylation sites (N-methyl/N-ethyl adjacent to an activating group) is 1. The third-order valence-corrected chi connectivity index (χ3v) is 7.94. The number of amides is 1. The monoisotopic (exact) mass is 476 g/mol. The Hall–Kier alpha value is -2.46. The molecule has 3 rings (SSSR count). The highest BCUT2D eigenvalue weighted by molar-refractivity contribution is 7.89. The fourth-order valence-electron chi connectivity index (χ4n) is 3.86. The normalized spacial score (nSPS) is 21.2. The van der Waals surface area contributed by atoms with Crippen LogP contribution in [0, 0.1) is 5.92 Å². The van der Waals surface area contributed by atoms with Crippen LogP contribution in [0.25, 0.3) is 11.1 Å². The molecule has 1 aliphatic rings. The van der Waals surface area contributed by atoms with Crippen molar-refractivity contribution in [3.8, 4) is 16.9 Å². The first-order chi connectivity index (χ1) is 15.7. The highest BCUT2D eigenvalue weighted by Gasteiger charge is 2.38. The average molecular weight is 477 g/mol. The van der Waals surface area contributed by atoms with Gasteiger partial charge in [-0.25, -0.2) is 8.42 Å². The van der Waals surface area contributed by atoms with Gasteiger partial charge in [0.2, 0.25) is 15.9 Å². The molecule has 0 aliphatic carbocycles. The molecule has 3 atom stereocenters. The Balaban J connectivity index is 2.08. The van der Waals surface area contributed by atoms with Crippen LogP contribution in [0.1, 0.15) is 13.8 Å². The summed E-state index contributed by atoms with van der Waals surface area (Å²) in [6.45, 7) is 3.63. The number of hydrogen-bond acceptors (Lipinski definition) is 6. The largest absolute Gasteiger partial charge is 0.487 e. The van der Waals surface area contributed by atoms with E-state index in [1.54, 1.807) is 32.2 Å². The maximum absolute atomic E-state index is 13.5. The summed E-state index contributed by atoms with van der Waals surface area (Å²) in [5, 5.41) is 9.75. The zero-order chi connectivity index (χ0) is 24.2. The van der Waals surface area contributed by atoms with E-state index < -0.39 is 22.2 Å². The topological polar surface area (TPSA) is 96.4 Å². The predicted molar refractivity (Wildman–Crippen MR) is 125 cm³/mol. The van der Waals surface area contributed by atoms with Gasteiger partial charge in [-0.1, -0.05) is 43.3 Å². The van der Waals surface area contributed by atoms with Crippen LogP contribution in [0.2, 0.25) is 0 Å². The molecule has 0 radical (unpaired) electrons. The number of carbonyl (C=O) groups excluding carboxylic acids is 1. The second-order valence-corrected chi connectivity index (χ2v) is 10.3. The standard InChI is InChI=1S/C24H32N2O6S/c1-17-13-26(18(2)15-27)33(29,30)23-11-10-20(19-8-6-5-7-9-19)12-21(23)32-22(17)14-25(3)24(28)16-31-4/h5-12,17-18,22,27H,13-16H2,1-4H3/t17-,18+,22+/m1/s1. The van der Waals surface area contributed by atoms with E-state index in [1.165, 1.54) is 16.3 Å². The first-order valence-corrected chi connectivity index (χ1v) is 12.3. The number of fused-ring (bicyclic) bond motifs is 1. The summed E-state index contributed by atoms with van der Waals surface area (Å²) in [6, 6.07) is 14.1. The lowest BCUT2D eigenvalue weighted by Gasteiger charge is -2.37. The summed E-state index contributed by atoms with van der Waals surface area (Å²) < 4.78 is 39.7. The molecule has 0 unspecified atom stereocenters. The lowest BCUT2D eigenvalue weighted by molar-refractivity contribution is -0.135. The van der Waals surface area contributed by atoms with Gasteiger partial charge in [-0.05, 0) is 30.2 Å². The van der Waals surface area contributed by atoms with Gasteiger partial charge in [-0.2, -0.15) is 4.31 Å². The van der Waals surface area contributed by atoms with Gasteiger partial charge in [-0.3, -0.25) is 4.79 Å². The Morgan fingerprint density at radius 2 is 1.94 bits per heavy atom. The lowest BCUT2D eigenvalue weighted by atomic mass is 10.0. The van der Waals surface area contributed by atoms with Crippen molar-refractivity contribution >= 4 is 15.9 Å². The number of nitrogens with zero attached hydrogens (tertiary/aromatic N) is 2. The summed E-state index contributed by atoms with van der Waals surface area (Å²) in [5.41, 5.74) is 1.75. The lowest BCUT2D eigenvalue weighted by Crippen LogP contribution is -2.50. The Labute approximate surface area is 195 Å². The van der Waals surface area contributed by atoms with Crippen LogP contribution in [0.5, 0.6) is 5.75 Å². The van der Waals surface area contributed by atoms with E-state index in [2.05, 4.69) is 0 Å². The van der Waals surface area contributed by atoms with E-state index in [0.29, 0.717) is 0 Å². The van der Waals surface area contributed by atoms with Crippen molar-refractivity contribution in [1.29, 1.82) is 0 Å². The molecule has 0 spiro atoms. The molecule has 0 fully saturated rings. The van der Waals surface area contributed by atoms with E-state index >= 15 is 0 Å². The van der Waals surface area contributed by atoms with Crippen LogP contribution < -0.4 is 4.74 Å². The van der Waals surface area contributed by atoms with Gasteiger partial charge >= 0.3 is 0 Å². The minimum absolute atomic E-state index is 0.0465. The summed E-state index contributed by atoms with van der Waals surface area (Å²) >= 11 is 0. The maximum atomic E-state index is 13.5. The van der Waals surface area contributed by atoms with E-state index in [-0.39, 0.29) is 48.8 Å². The molecule has 0 saturated heterocycles. The van der Waals surface area contributed by atoms with Gasteiger partial charge in [0.15, 0.2) is 0 Å². The minimum Gasteiger partial charge on any atom is -0.487 e. The number of aliphatic hydroxyl groups excluding tert-OH is 1. The molecule has 9 heteroatoms. The first kappa shape index (κ1) is 25.2. The molecule has 2 aromatic rings. The minimum atomic E-state index is -3.91. The van der Waals surface area contributed by atoms with Gasteiger partial charge in [-0.15, -0.1) is 0 Å². The van der Waals surface area contributed by atoms with Crippen molar-refractivity contribution in [3.05, 3.63) is 48.5 Å². The number of aliphatic hydroxyl groups is 1. The van der Waals surface area contributed by atoms with Gasteiger partial charge in [0.1, 0.15) is 23.4 Å². The van der Waals surface area contributed by atoms with Crippen LogP contribution in [0.4, 0.5) is 0 Å². The van der Waals surface area contributed by atoms with Crippen LogP contribution in [-0.4, -0.2) is 81.2 Å². The SMILES string of the molecule is COCC(=O)N(C)C[C@@H]1Oc2cc(-c3ccccc3)ccc2S(=O)(=O)N([C@@H](C)CO)C[C@H]1C. The number of methoxy groups -OCH3 is 1. The van der Waals surface area contributed by atoms with Crippen LogP contribution in [0.3, 0.4) is 0 Å². The zero-order valence-corrected chi connectivity index (χ0v) is 20.3. The molecular weight excluding hydrogens is 444 g/mol. The van der Waals surface area contributed by atoms with E-state index in [4.69, 9.17) is 9.47 Å². The summed E-state index contributed by atoms with van der Waals surface area (Å²) in [4.78, 5) is 13.9. The highest BCUT2D eigenvalue weighted by atomic mass is 32.2. The number of hydrogen-bond donors (Lipinski definition) is 1. The van der Waals surface area contributed by atoms with E-state index in [9.17, 15) is 18.3 Å². The molecule has 180 valence electrons. The number of carbonyl (C=O) groups is 1. The summed E-state index contributed by atoms with van der Waals surface area (Å²) in [7, 11) is -0.787. The van der Waals surface area contributed by atoms with E-state index in [1.807, 2.05) is 37.3 Å². The van der Waals surface area contributed by atoms with Crippen molar-refractivity contribution in [2.75, 3.05) is 40.5 Å². The third kappa shape index (κ3) is 5.55. The van der Waals surface area contributed by atoms with Crippen LogP contribution in [-0.2, 0) is 19.6 Å². The summed E-state index contributed by atoms with van der Waals surface area (Å²) in [5.74, 6) is -0.211. The number of ether oxygens (including phenoxy) is 2. The molecule has 0 bridgehead atoms. The second kappa shape index (κ2) is 10.6. The quantitative estimate of drug-likeness (QED) is 0.658. The Bertz CT molecular complexity index is 1060. The van der Waals surface area contributed by atoms with Gasteiger partial charge < -0.3 is 19.5 Å². The van der Waals surface area contributed by atoms with Gasteiger partial charge in [0.25, 0.3) is 0 Å². The van der Waals surface area contributed by atoms with Crippen molar-refractivity contribution in [2.45, 2.75) is 30.9 Å². The predicted octanol–water partition coefficient (Wildman–Crippen LogP) is 2.23. The van der Waals surface area contributed by atoms with Crippen LogP contribution >= 0.6 is 0 Å². The molecule has 1 heterocycles. The number of rotatable bonds is 7. The number of benzene rings is 2. The third-order valence-electron chi connectivity index (χ3n) is 5.92. The van der Waals surface area contributed by atoms with Crippen molar-refractivity contribution in [3.63, 3.8) is 0 Å². The molecular formula is C24H32N2O6S. The van der Waals surface area contributed by atoms with Gasteiger partial charge in [0.05, 0.1) is 13.2 Å². The van der Waals surface area contributed by atoms with Gasteiger partial charge in [0, 0.05) is 32.7 Å². The van der Waals surface area contributed by atoms with Crippen molar-refractivity contribution in [2.24, 2.45) is 5.92 Å². The van der Waals surface area contributed by atoms with Crippen molar-refractivity contribution in [1.82, 2.24) is 9.21 Å². The average Bonchev–Trinajstić information content (AvgIpc) is 2.81. The molecule has 0 saturated carbocycles. The molecule has 1 N–H and O–H groups in total. The highest BCUT2D eigenvalue weighted by Crippen LogP contribution is 2.36. The fourth-order valence-corrected chi connectivity index (χ4v) is 5.68. The number of sulfonamides is 1. The smallest absolute Gasteiger partial charge is 0.248 e. The summed E-state index contributed by atoms with van der Waals surface area (Å²) in [6.07, 6.45) is -0.468. The molecule has 33 heavy (non-hydrogen) atoms.